The first-order valence-electron chi connectivity index (χ1n) is 6.29. The average molecular weight is 360 g/mol. The summed E-state index contributed by atoms with van der Waals surface area (Å²) in [7, 11) is 0. The second-order valence-electron chi connectivity index (χ2n) is 4.21. The van der Waals surface area contributed by atoms with Crippen molar-refractivity contribution >= 4 is 58.2 Å². The van der Waals surface area contributed by atoms with E-state index in [1.165, 1.54) is 6.08 Å². The minimum Gasteiger partial charge on any atom is -0.465 e. The lowest BCUT2D eigenvalue weighted by Gasteiger charge is -2.10. The number of rotatable bonds is 4. The Morgan fingerprint density at radius 2 is 1.95 bits per heavy atom. The maximum absolute atomic E-state index is 12.2. The minimum absolute atomic E-state index is 0.157. The van der Waals surface area contributed by atoms with Gasteiger partial charge in [0, 0.05) is 15.6 Å². The van der Waals surface area contributed by atoms with Crippen molar-refractivity contribution < 1.29 is 19.1 Å². The number of carbonyl (C=O) groups excluding carboxylic acids is 3. The smallest absolute Gasteiger partial charge is 0.326 e. The molecule has 2 amide bonds. The number of benzene rings is 1. The number of thioether (sulfide) groups is 1. The molecule has 1 aromatic carbocycles. The zero-order valence-electron chi connectivity index (χ0n) is 11.5. The summed E-state index contributed by atoms with van der Waals surface area (Å²) in [5.41, 5.74) is 0.451. The topological polar surface area (TPSA) is 63.7 Å². The van der Waals surface area contributed by atoms with E-state index in [2.05, 4.69) is 0 Å². The van der Waals surface area contributed by atoms with Gasteiger partial charge >= 0.3 is 5.97 Å². The highest BCUT2D eigenvalue weighted by molar-refractivity contribution is 8.18. The first-order chi connectivity index (χ1) is 10.4. The molecule has 1 aromatic rings. The van der Waals surface area contributed by atoms with Gasteiger partial charge < -0.3 is 4.74 Å². The summed E-state index contributed by atoms with van der Waals surface area (Å²) in [4.78, 5) is 36.5. The Balaban J connectivity index is 2.24. The van der Waals surface area contributed by atoms with Crippen LogP contribution in [0, 0.1) is 0 Å². The van der Waals surface area contributed by atoms with E-state index in [1.54, 1.807) is 25.1 Å². The van der Waals surface area contributed by atoms with Crippen molar-refractivity contribution in [2.45, 2.75) is 6.92 Å². The minimum atomic E-state index is -0.637. The van der Waals surface area contributed by atoms with Gasteiger partial charge in [-0.05, 0) is 36.9 Å². The molecule has 2 rings (SSSR count). The summed E-state index contributed by atoms with van der Waals surface area (Å²) >= 11 is 12.8. The maximum Gasteiger partial charge on any atom is 0.326 e. The molecular weight excluding hydrogens is 349 g/mol. The normalized spacial score (nSPS) is 16.5. The molecule has 0 saturated carbocycles. The van der Waals surface area contributed by atoms with Gasteiger partial charge in [-0.1, -0.05) is 29.3 Å². The molecule has 0 aromatic heterocycles. The number of carbonyl (C=O) groups is 3. The molecule has 116 valence electrons. The predicted molar refractivity (Wildman–Crippen MR) is 85.8 cm³/mol. The van der Waals surface area contributed by atoms with Crippen LogP contribution in [0.25, 0.3) is 6.08 Å². The summed E-state index contributed by atoms with van der Waals surface area (Å²) < 4.78 is 4.74. The molecule has 0 radical (unpaired) electrons. The van der Waals surface area contributed by atoms with Gasteiger partial charge in [-0.2, -0.15) is 0 Å². The Labute approximate surface area is 141 Å². The monoisotopic (exact) mass is 359 g/mol. The van der Waals surface area contributed by atoms with E-state index in [-0.39, 0.29) is 11.5 Å². The molecule has 0 aliphatic carbocycles. The van der Waals surface area contributed by atoms with Gasteiger partial charge in [0.25, 0.3) is 11.1 Å². The molecule has 0 atom stereocenters. The first-order valence-corrected chi connectivity index (χ1v) is 7.86. The lowest BCUT2D eigenvalue weighted by molar-refractivity contribution is -0.145. The highest BCUT2D eigenvalue weighted by atomic mass is 35.5. The largest absolute Gasteiger partial charge is 0.465 e. The second kappa shape index (κ2) is 7.17. The number of hydrogen-bond acceptors (Lipinski definition) is 5. The van der Waals surface area contributed by atoms with Crippen LogP contribution in [0.15, 0.2) is 23.1 Å². The summed E-state index contributed by atoms with van der Waals surface area (Å²) in [6.07, 6.45) is 1.45. The van der Waals surface area contributed by atoms with Crippen LogP contribution in [0.3, 0.4) is 0 Å². The second-order valence-corrected chi connectivity index (χ2v) is 6.02. The third-order valence-electron chi connectivity index (χ3n) is 2.74. The maximum atomic E-state index is 12.2. The first kappa shape index (κ1) is 16.9. The summed E-state index contributed by atoms with van der Waals surface area (Å²) in [6, 6.07) is 4.93. The molecule has 1 fully saturated rings. The Morgan fingerprint density at radius 1 is 1.32 bits per heavy atom. The van der Waals surface area contributed by atoms with E-state index in [1.807, 2.05) is 0 Å². The standard InChI is InChI=1S/C14H11Cl2NO4S/c1-2-21-12(18)7-17-13(19)11(22-14(17)20)6-8-9(15)4-3-5-10(8)16/h3-6H,2,7H2,1H3/b11-6-. The molecule has 0 unspecified atom stereocenters. The number of halogens is 2. The number of hydrogen-bond donors (Lipinski definition) is 0. The van der Waals surface area contributed by atoms with Crippen LogP contribution < -0.4 is 0 Å². The van der Waals surface area contributed by atoms with Gasteiger partial charge in [0.2, 0.25) is 0 Å². The van der Waals surface area contributed by atoms with Crippen molar-refractivity contribution in [3.05, 3.63) is 38.7 Å². The van der Waals surface area contributed by atoms with Crippen LogP contribution in [0.1, 0.15) is 12.5 Å². The number of ether oxygens (including phenoxy) is 1. The molecule has 1 saturated heterocycles. The fourth-order valence-electron chi connectivity index (χ4n) is 1.75. The Bertz CT molecular complexity index is 655. The van der Waals surface area contributed by atoms with Gasteiger partial charge in [0.15, 0.2) is 0 Å². The molecule has 0 bridgehead atoms. The summed E-state index contributed by atoms with van der Waals surface area (Å²) in [5, 5.41) is 0.196. The van der Waals surface area contributed by atoms with Crippen LogP contribution in [-0.2, 0) is 14.3 Å². The lowest BCUT2D eigenvalue weighted by Crippen LogP contribution is -2.34. The molecule has 5 nitrogen and oxygen atoms in total. The molecule has 1 aliphatic heterocycles. The van der Waals surface area contributed by atoms with E-state index >= 15 is 0 Å². The van der Waals surface area contributed by atoms with E-state index < -0.39 is 23.7 Å². The van der Waals surface area contributed by atoms with Crippen molar-refractivity contribution in [3.8, 4) is 0 Å². The summed E-state index contributed by atoms with van der Waals surface area (Å²) in [6.45, 7) is 1.41. The molecular formula is C14H11Cl2NO4S. The van der Waals surface area contributed by atoms with Crippen molar-refractivity contribution in [3.63, 3.8) is 0 Å². The van der Waals surface area contributed by atoms with Crippen molar-refractivity contribution in [1.29, 1.82) is 0 Å². The van der Waals surface area contributed by atoms with Crippen LogP contribution >= 0.6 is 35.0 Å². The van der Waals surface area contributed by atoms with Gasteiger partial charge in [-0.25, -0.2) is 0 Å². The van der Waals surface area contributed by atoms with E-state index in [9.17, 15) is 14.4 Å². The highest BCUT2D eigenvalue weighted by Crippen LogP contribution is 2.35. The quantitative estimate of drug-likeness (QED) is 0.607. The van der Waals surface area contributed by atoms with Crippen molar-refractivity contribution in [1.82, 2.24) is 4.90 Å². The molecule has 1 aliphatic rings. The predicted octanol–water partition coefficient (Wildman–Crippen LogP) is 3.59. The van der Waals surface area contributed by atoms with Crippen LogP contribution in [0.2, 0.25) is 10.0 Å². The fraction of sp³-hybridized carbons (Fsp3) is 0.214. The molecule has 0 N–H and O–H groups in total. The zero-order chi connectivity index (χ0) is 16.3. The molecule has 22 heavy (non-hydrogen) atoms. The molecule has 0 spiro atoms. The Hall–Kier alpha value is -1.50. The number of imide groups is 1. The van der Waals surface area contributed by atoms with Gasteiger partial charge in [-0.15, -0.1) is 0 Å². The third kappa shape index (κ3) is 3.63. The number of amides is 2. The van der Waals surface area contributed by atoms with Crippen LogP contribution in [0.4, 0.5) is 4.79 Å². The zero-order valence-corrected chi connectivity index (χ0v) is 13.8. The number of nitrogens with zero attached hydrogens (tertiary/aromatic N) is 1. The lowest BCUT2D eigenvalue weighted by atomic mass is 10.2. The fourth-order valence-corrected chi connectivity index (χ4v) is 3.08. The number of esters is 1. The summed E-state index contributed by atoms with van der Waals surface area (Å²) in [5.74, 6) is -1.21. The SMILES string of the molecule is CCOC(=O)CN1C(=O)S/C(=C\c2c(Cl)cccc2Cl)C1=O. The van der Waals surface area contributed by atoms with Crippen molar-refractivity contribution in [2.24, 2.45) is 0 Å². The van der Waals surface area contributed by atoms with Gasteiger partial charge in [-0.3, -0.25) is 19.3 Å². The molecule has 8 heteroatoms. The Kier molecular flexibility index (Phi) is 5.50. The van der Waals surface area contributed by atoms with E-state index in [0.717, 1.165) is 16.7 Å². The molecule has 1 heterocycles. The van der Waals surface area contributed by atoms with Crippen molar-refractivity contribution in [2.75, 3.05) is 13.2 Å². The van der Waals surface area contributed by atoms with E-state index in [4.69, 9.17) is 27.9 Å². The van der Waals surface area contributed by atoms with Crippen LogP contribution in [-0.4, -0.2) is 35.2 Å². The van der Waals surface area contributed by atoms with E-state index in [0.29, 0.717) is 15.6 Å². The average Bonchev–Trinajstić information content (AvgIpc) is 2.71. The Morgan fingerprint density at radius 3 is 2.55 bits per heavy atom. The van der Waals surface area contributed by atoms with Crippen LogP contribution in [0.5, 0.6) is 0 Å². The highest BCUT2D eigenvalue weighted by Gasteiger charge is 2.36. The van der Waals surface area contributed by atoms with Gasteiger partial charge in [0.1, 0.15) is 6.54 Å². The van der Waals surface area contributed by atoms with Gasteiger partial charge in [0.05, 0.1) is 11.5 Å². The third-order valence-corrected chi connectivity index (χ3v) is 4.31.